The molecule has 1 rings (SSSR count). The van der Waals surface area contributed by atoms with Gasteiger partial charge in [0.25, 0.3) is 0 Å². The van der Waals surface area contributed by atoms with Crippen molar-refractivity contribution in [1.82, 2.24) is 4.90 Å². The van der Waals surface area contributed by atoms with Gasteiger partial charge in [-0.05, 0) is 38.6 Å². The Kier molecular flexibility index (Phi) is 5.42. The summed E-state index contributed by atoms with van der Waals surface area (Å²) in [5, 5.41) is 9.70. The molecular formula is C14H20F3NO2. The van der Waals surface area contributed by atoms with Gasteiger partial charge in [0.1, 0.15) is 5.75 Å². The molecule has 20 heavy (non-hydrogen) atoms. The molecule has 0 aliphatic rings. The van der Waals surface area contributed by atoms with Gasteiger partial charge in [-0.15, -0.1) is 0 Å². The van der Waals surface area contributed by atoms with E-state index in [9.17, 15) is 18.3 Å². The predicted molar refractivity (Wildman–Crippen MR) is 70.6 cm³/mol. The largest absolute Gasteiger partial charge is 0.484 e. The van der Waals surface area contributed by atoms with Crippen LogP contribution in [0.1, 0.15) is 19.4 Å². The molecule has 0 atom stereocenters. The van der Waals surface area contributed by atoms with E-state index >= 15 is 0 Å². The van der Waals surface area contributed by atoms with Crippen molar-refractivity contribution in [1.29, 1.82) is 0 Å². The highest BCUT2D eigenvalue weighted by Gasteiger charge is 2.28. The van der Waals surface area contributed by atoms with Crippen LogP contribution in [0.5, 0.6) is 5.75 Å². The molecule has 1 aromatic carbocycles. The van der Waals surface area contributed by atoms with Crippen LogP contribution in [0.15, 0.2) is 24.3 Å². The highest BCUT2D eigenvalue weighted by molar-refractivity contribution is 5.28. The zero-order valence-electron chi connectivity index (χ0n) is 11.9. The minimum Gasteiger partial charge on any atom is -0.484 e. The zero-order valence-corrected chi connectivity index (χ0v) is 11.9. The smallest absolute Gasteiger partial charge is 0.422 e. The van der Waals surface area contributed by atoms with Gasteiger partial charge in [-0.2, -0.15) is 13.2 Å². The molecule has 0 spiro atoms. The lowest BCUT2D eigenvalue weighted by molar-refractivity contribution is -0.153. The maximum Gasteiger partial charge on any atom is 0.422 e. The number of nitrogens with zero attached hydrogens (tertiary/aromatic N) is 1. The van der Waals surface area contributed by atoms with E-state index in [-0.39, 0.29) is 5.75 Å². The molecule has 114 valence electrons. The first-order valence-electron chi connectivity index (χ1n) is 6.25. The molecule has 0 saturated carbocycles. The number of halogens is 3. The summed E-state index contributed by atoms with van der Waals surface area (Å²) in [6.45, 7) is 3.09. The van der Waals surface area contributed by atoms with Crippen molar-refractivity contribution in [2.75, 3.05) is 20.2 Å². The molecule has 3 nitrogen and oxygen atoms in total. The van der Waals surface area contributed by atoms with E-state index in [4.69, 9.17) is 4.74 Å². The first-order chi connectivity index (χ1) is 9.05. The van der Waals surface area contributed by atoms with Crippen molar-refractivity contribution in [3.63, 3.8) is 0 Å². The van der Waals surface area contributed by atoms with E-state index in [1.807, 2.05) is 11.9 Å². The molecule has 0 unspecified atom stereocenters. The molecule has 1 aromatic rings. The number of alkyl halides is 3. The van der Waals surface area contributed by atoms with Gasteiger partial charge in [-0.3, -0.25) is 4.90 Å². The van der Waals surface area contributed by atoms with Gasteiger partial charge < -0.3 is 9.84 Å². The minimum atomic E-state index is -4.34. The zero-order chi connectivity index (χ0) is 15.4. The number of ether oxygens (including phenoxy) is 1. The van der Waals surface area contributed by atoms with Gasteiger partial charge in [0.15, 0.2) is 6.61 Å². The number of hydrogen-bond donors (Lipinski definition) is 1. The molecule has 0 bridgehead atoms. The second kappa shape index (κ2) is 6.45. The summed E-state index contributed by atoms with van der Waals surface area (Å²) in [4.78, 5) is 1.89. The van der Waals surface area contributed by atoms with E-state index in [1.54, 1.807) is 32.0 Å². The van der Waals surface area contributed by atoms with Gasteiger partial charge in [0.2, 0.25) is 0 Å². The Morgan fingerprint density at radius 1 is 1.25 bits per heavy atom. The second-order valence-corrected chi connectivity index (χ2v) is 5.54. The molecule has 0 heterocycles. The molecule has 0 radical (unpaired) electrons. The lowest BCUT2D eigenvalue weighted by Gasteiger charge is -2.25. The van der Waals surface area contributed by atoms with Crippen molar-refractivity contribution in [2.45, 2.75) is 32.2 Å². The van der Waals surface area contributed by atoms with Crippen LogP contribution in [0.25, 0.3) is 0 Å². The average molecular weight is 291 g/mol. The van der Waals surface area contributed by atoms with Crippen LogP contribution in [0.3, 0.4) is 0 Å². The summed E-state index contributed by atoms with van der Waals surface area (Å²) in [5.41, 5.74) is 0.00973. The maximum absolute atomic E-state index is 12.1. The molecule has 1 N–H and O–H groups in total. The van der Waals surface area contributed by atoms with Crippen molar-refractivity contribution in [3.8, 4) is 5.75 Å². The Balaban J connectivity index is 2.59. The monoisotopic (exact) mass is 291 g/mol. The molecule has 0 aromatic heterocycles. The summed E-state index contributed by atoms with van der Waals surface area (Å²) >= 11 is 0. The fourth-order valence-electron chi connectivity index (χ4n) is 1.93. The Labute approximate surface area is 117 Å². The van der Waals surface area contributed by atoms with Gasteiger partial charge in [-0.25, -0.2) is 0 Å². The summed E-state index contributed by atoms with van der Waals surface area (Å²) < 4.78 is 40.9. The average Bonchev–Trinajstić information content (AvgIpc) is 2.23. The first kappa shape index (κ1) is 16.8. The molecule has 0 aliphatic heterocycles. The van der Waals surface area contributed by atoms with E-state index in [0.29, 0.717) is 13.1 Å². The molecule has 0 fully saturated rings. The van der Waals surface area contributed by atoms with Crippen molar-refractivity contribution >= 4 is 0 Å². The van der Waals surface area contributed by atoms with E-state index < -0.39 is 18.4 Å². The summed E-state index contributed by atoms with van der Waals surface area (Å²) in [7, 11) is 1.83. The fourth-order valence-corrected chi connectivity index (χ4v) is 1.93. The van der Waals surface area contributed by atoms with Crippen LogP contribution in [-0.4, -0.2) is 42.0 Å². The maximum atomic E-state index is 12.1. The predicted octanol–water partition coefficient (Wildman–Crippen LogP) is 2.83. The Bertz CT molecular complexity index is 427. The normalized spacial score (nSPS) is 12.8. The quantitative estimate of drug-likeness (QED) is 0.875. The third-order valence-electron chi connectivity index (χ3n) is 2.41. The van der Waals surface area contributed by atoms with Crippen LogP contribution in [0.4, 0.5) is 13.2 Å². The van der Waals surface area contributed by atoms with Crippen LogP contribution < -0.4 is 4.74 Å². The molecule has 0 aliphatic carbocycles. The number of hydrogen-bond acceptors (Lipinski definition) is 3. The van der Waals surface area contributed by atoms with E-state index in [2.05, 4.69) is 0 Å². The van der Waals surface area contributed by atoms with Gasteiger partial charge >= 0.3 is 6.18 Å². The third-order valence-corrected chi connectivity index (χ3v) is 2.41. The van der Waals surface area contributed by atoms with Crippen molar-refractivity contribution in [3.05, 3.63) is 29.8 Å². The van der Waals surface area contributed by atoms with Gasteiger partial charge in [0.05, 0.1) is 5.60 Å². The summed E-state index contributed by atoms with van der Waals surface area (Å²) in [6.07, 6.45) is -4.34. The minimum absolute atomic E-state index is 0.191. The molecule has 0 amide bonds. The SMILES string of the molecule is CN(Cc1cccc(OCC(F)(F)F)c1)CC(C)(C)O. The Morgan fingerprint density at radius 3 is 2.45 bits per heavy atom. The number of aliphatic hydroxyl groups is 1. The molecule has 6 heteroatoms. The second-order valence-electron chi connectivity index (χ2n) is 5.54. The van der Waals surface area contributed by atoms with Crippen molar-refractivity contribution in [2.24, 2.45) is 0 Å². The highest BCUT2D eigenvalue weighted by Crippen LogP contribution is 2.20. The Morgan fingerprint density at radius 2 is 1.90 bits per heavy atom. The molecular weight excluding hydrogens is 271 g/mol. The van der Waals surface area contributed by atoms with Gasteiger partial charge in [0, 0.05) is 13.1 Å². The lowest BCUT2D eigenvalue weighted by atomic mass is 10.1. The van der Waals surface area contributed by atoms with E-state index in [0.717, 1.165) is 5.56 Å². The van der Waals surface area contributed by atoms with Crippen LogP contribution >= 0.6 is 0 Å². The molecule has 0 saturated heterocycles. The fraction of sp³-hybridized carbons (Fsp3) is 0.571. The third kappa shape index (κ3) is 7.35. The number of benzene rings is 1. The summed E-state index contributed by atoms with van der Waals surface area (Å²) in [5.74, 6) is 0.191. The van der Waals surface area contributed by atoms with Crippen LogP contribution in [-0.2, 0) is 6.54 Å². The van der Waals surface area contributed by atoms with Gasteiger partial charge in [-0.1, -0.05) is 12.1 Å². The number of likely N-dealkylation sites (N-methyl/N-ethyl adjacent to an activating group) is 1. The topological polar surface area (TPSA) is 32.7 Å². The standard InChI is InChI=1S/C14H20F3NO2/c1-13(2,19)9-18(3)8-11-5-4-6-12(7-11)20-10-14(15,16)17/h4-7,19H,8-10H2,1-3H3. The Hall–Kier alpha value is -1.27. The highest BCUT2D eigenvalue weighted by atomic mass is 19.4. The summed E-state index contributed by atoms with van der Waals surface area (Å²) in [6, 6.07) is 6.53. The lowest BCUT2D eigenvalue weighted by Crippen LogP contribution is -2.35. The first-order valence-corrected chi connectivity index (χ1v) is 6.25. The number of rotatable bonds is 6. The van der Waals surface area contributed by atoms with Crippen LogP contribution in [0, 0.1) is 0 Å². The van der Waals surface area contributed by atoms with Crippen LogP contribution in [0.2, 0.25) is 0 Å². The van der Waals surface area contributed by atoms with E-state index in [1.165, 1.54) is 6.07 Å². The van der Waals surface area contributed by atoms with Crippen molar-refractivity contribution < 1.29 is 23.0 Å².